The summed E-state index contributed by atoms with van der Waals surface area (Å²) in [7, 11) is 1.18. The van der Waals surface area contributed by atoms with Gasteiger partial charge in [-0.05, 0) is 30.3 Å². The van der Waals surface area contributed by atoms with Gasteiger partial charge in [-0.25, -0.2) is 4.79 Å². The molecule has 148 valence electrons. The third-order valence-corrected chi connectivity index (χ3v) is 4.57. The van der Waals surface area contributed by atoms with Crippen LogP contribution in [0.4, 0.5) is 0 Å². The summed E-state index contributed by atoms with van der Waals surface area (Å²) in [5, 5.41) is 7.57. The van der Waals surface area contributed by atoms with Gasteiger partial charge in [0, 0.05) is 20.6 Å². The number of ether oxygens (including phenoxy) is 1. The number of hydrogen-bond donors (Lipinski definition) is 1. The normalized spacial score (nSPS) is 11.9. The van der Waals surface area contributed by atoms with E-state index in [0.29, 0.717) is 20.6 Å². The molecule has 2 rings (SSSR count). The minimum absolute atomic E-state index is 0.0390. The van der Waals surface area contributed by atoms with Crippen LogP contribution in [0.5, 0.6) is 0 Å². The van der Waals surface area contributed by atoms with E-state index in [1.165, 1.54) is 25.3 Å². The van der Waals surface area contributed by atoms with Crippen molar-refractivity contribution >= 4 is 64.5 Å². The second-order valence-corrected chi connectivity index (χ2v) is 7.05. The Kier molecular flexibility index (Phi) is 8.38. The Morgan fingerprint density at radius 3 is 2.32 bits per heavy atom. The van der Waals surface area contributed by atoms with Crippen molar-refractivity contribution in [3.63, 3.8) is 0 Å². The van der Waals surface area contributed by atoms with Gasteiger partial charge in [-0.1, -0.05) is 57.6 Å². The first-order chi connectivity index (χ1) is 13.3. The van der Waals surface area contributed by atoms with E-state index < -0.39 is 17.9 Å². The maximum absolute atomic E-state index is 12.4. The first kappa shape index (κ1) is 22.3. The van der Waals surface area contributed by atoms with Gasteiger partial charge in [-0.15, -0.1) is 0 Å². The third-order valence-electron chi connectivity index (χ3n) is 3.44. The molecule has 2 aromatic carbocycles. The highest BCUT2D eigenvalue weighted by atomic mass is 35.5. The highest BCUT2D eigenvalue weighted by molar-refractivity contribution is 6.37. The van der Waals surface area contributed by atoms with Gasteiger partial charge in [0.05, 0.1) is 23.9 Å². The van der Waals surface area contributed by atoms with Crippen LogP contribution >= 0.6 is 46.4 Å². The molecule has 0 heterocycles. The molecule has 0 saturated carbocycles. The molecule has 2 aromatic rings. The maximum Gasteiger partial charge on any atom is 0.334 e. The number of nitrogens with one attached hydrogen (secondary N) is 1. The smallest absolute Gasteiger partial charge is 0.334 e. The van der Waals surface area contributed by atoms with Crippen LogP contribution in [-0.2, 0) is 21.0 Å². The molecule has 0 aliphatic carbocycles. The summed E-state index contributed by atoms with van der Waals surface area (Å²) in [6.45, 7) is 0.0390. The van der Waals surface area contributed by atoms with Gasteiger partial charge in [-0.2, -0.15) is 0 Å². The maximum atomic E-state index is 12.4. The van der Waals surface area contributed by atoms with Gasteiger partial charge in [0.2, 0.25) is 0 Å². The van der Waals surface area contributed by atoms with Crippen molar-refractivity contribution in [2.24, 2.45) is 5.16 Å². The van der Waals surface area contributed by atoms with E-state index in [0.717, 1.165) is 6.21 Å². The highest BCUT2D eigenvalue weighted by Crippen LogP contribution is 2.22. The van der Waals surface area contributed by atoms with Crippen molar-refractivity contribution < 1.29 is 19.2 Å². The molecular formula is C18H14Cl4N2O4. The molecule has 1 amide bonds. The number of benzene rings is 2. The number of carbonyl (C=O) groups is 2. The molecule has 1 atom stereocenters. The van der Waals surface area contributed by atoms with E-state index in [1.54, 1.807) is 18.2 Å². The van der Waals surface area contributed by atoms with Gasteiger partial charge in [0.25, 0.3) is 5.91 Å². The first-order valence-corrected chi connectivity index (χ1v) is 9.26. The quantitative estimate of drug-likeness (QED) is 0.364. The predicted molar refractivity (Wildman–Crippen MR) is 109 cm³/mol. The summed E-state index contributed by atoms with van der Waals surface area (Å²) in [5.41, 5.74) is 0.789. The van der Waals surface area contributed by atoms with Crippen molar-refractivity contribution in [3.8, 4) is 0 Å². The molecule has 0 bridgehead atoms. The van der Waals surface area contributed by atoms with Gasteiger partial charge in [0.15, 0.2) is 6.04 Å². The third kappa shape index (κ3) is 6.27. The molecule has 0 saturated heterocycles. The first-order valence-electron chi connectivity index (χ1n) is 7.75. The molecule has 28 heavy (non-hydrogen) atoms. The monoisotopic (exact) mass is 462 g/mol. The summed E-state index contributed by atoms with van der Waals surface area (Å²) in [4.78, 5) is 29.4. The second kappa shape index (κ2) is 10.5. The standard InChI is InChI=1S/C18H14Cl4N2O4/c1-27-18(26)16(24-17(25)13-5-4-12(20)7-15(13)22)8-23-28-9-10-2-3-11(19)6-14(10)21/h2-8,16H,9H2,1H3,(H,24,25)/b23-8-. The molecule has 0 fully saturated rings. The van der Waals surface area contributed by atoms with E-state index in [2.05, 4.69) is 15.2 Å². The van der Waals surface area contributed by atoms with Crippen LogP contribution in [0.2, 0.25) is 20.1 Å². The van der Waals surface area contributed by atoms with E-state index >= 15 is 0 Å². The predicted octanol–water partition coefficient (Wildman–Crippen LogP) is 4.77. The number of amides is 1. The molecule has 0 spiro atoms. The fourth-order valence-electron chi connectivity index (χ4n) is 2.03. The topological polar surface area (TPSA) is 77.0 Å². The Hall–Kier alpha value is -1.99. The largest absolute Gasteiger partial charge is 0.467 e. The van der Waals surface area contributed by atoms with Crippen LogP contribution in [0.15, 0.2) is 41.6 Å². The molecule has 0 aromatic heterocycles. The lowest BCUT2D eigenvalue weighted by atomic mass is 10.2. The summed E-state index contributed by atoms with van der Waals surface area (Å²) < 4.78 is 4.66. The van der Waals surface area contributed by atoms with Gasteiger partial charge in [-0.3, -0.25) is 4.79 Å². The van der Waals surface area contributed by atoms with E-state index in [4.69, 9.17) is 51.2 Å². The fourth-order valence-corrected chi connectivity index (χ4v) is 2.98. The average molecular weight is 464 g/mol. The van der Waals surface area contributed by atoms with Gasteiger partial charge in [0.1, 0.15) is 6.61 Å². The Balaban J connectivity index is 2.03. The average Bonchev–Trinajstić information content (AvgIpc) is 2.64. The van der Waals surface area contributed by atoms with Gasteiger partial charge >= 0.3 is 5.97 Å². The minimum atomic E-state index is -1.19. The summed E-state index contributed by atoms with van der Waals surface area (Å²) in [6, 6.07) is 8.07. The van der Waals surface area contributed by atoms with E-state index in [-0.39, 0.29) is 17.2 Å². The van der Waals surface area contributed by atoms with Crippen LogP contribution in [0.25, 0.3) is 0 Å². The Labute approximate surface area is 181 Å². The lowest BCUT2D eigenvalue weighted by Gasteiger charge is -2.13. The SMILES string of the molecule is COC(=O)C(/C=N\OCc1ccc(Cl)cc1Cl)NC(=O)c1ccc(Cl)cc1Cl. The van der Waals surface area contributed by atoms with Crippen LogP contribution in [-0.4, -0.2) is 31.2 Å². The number of hydrogen-bond acceptors (Lipinski definition) is 5. The zero-order chi connectivity index (χ0) is 20.7. The Morgan fingerprint density at radius 1 is 1.07 bits per heavy atom. The Morgan fingerprint density at radius 2 is 1.71 bits per heavy atom. The van der Waals surface area contributed by atoms with Crippen LogP contribution in [0.1, 0.15) is 15.9 Å². The molecule has 10 heteroatoms. The minimum Gasteiger partial charge on any atom is -0.467 e. The molecule has 6 nitrogen and oxygen atoms in total. The molecule has 0 aliphatic heterocycles. The van der Waals surface area contributed by atoms with Crippen LogP contribution < -0.4 is 5.32 Å². The number of oxime groups is 1. The number of rotatable bonds is 7. The van der Waals surface area contributed by atoms with Crippen molar-refractivity contribution in [1.29, 1.82) is 0 Å². The summed E-state index contributed by atoms with van der Waals surface area (Å²) >= 11 is 23.7. The van der Waals surface area contributed by atoms with E-state index in [9.17, 15) is 9.59 Å². The van der Waals surface area contributed by atoms with Crippen molar-refractivity contribution in [3.05, 3.63) is 67.6 Å². The van der Waals surface area contributed by atoms with Crippen LogP contribution in [0.3, 0.4) is 0 Å². The van der Waals surface area contributed by atoms with Crippen molar-refractivity contribution in [1.82, 2.24) is 5.32 Å². The highest BCUT2D eigenvalue weighted by Gasteiger charge is 2.22. The number of carbonyl (C=O) groups excluding carboxylic acids is 2. The van der Waals surface area contributed by atoms with Gasteiger partial charge < -0.3 is 14.9 Å². The number of methoxy groups -OCH3 is 1. The zero-order valence-corrected chi connectivity index (χ0v) is 17.4. The van der Waals surface area contributed by atoms with Crippen molar-refractivity contribution in [2.75, 3.05) is 7.11 Å². The Bertz CT molecular complexity index is 905. The second-order valence-electron chi connectivity index (χ2n) is 5.36. The number of esters is 1. The lowest BCUT2D eigenvalue weighted by Crippen LogP contribution is -2.42. The summed E-state index contributed by atoms with van der Waals surface area (Å²) in [6.07, 6.45) is 1.09. The molecule has 0 aliphatic rings. The van der Waals surface area contributed by atoms with Crippen LogP contribution in [0, 0.1) is 0 Å². The summed E-state index contributed by atoms with van der Waals surface area (Å²) in [5.74, 6) is -1.35. The lowest BCUT2D eigenvalue weighted by molar-refractivity contribution is -0.140. The molecular weight excluding hydrogens is 450 g/mol. The fraction of sp³-hybridized carbons (Fsp3) is 0.167. The molecule has 1 unspecified atom stereocenters. The van der Waals surface area contributed by atoms with Crippen molar-refractivity contribution in [2.45, 2.75) is 12.6 Å². The van der Waals surface area contributed by atoms with E-state index in [1.807, 2.05) is 0 Å². The number of halogens is 4. The number of nitrogens with zero attached hydrogens (tertiary/aromatic N) is 1. The zero-order valence-electron chi connectivity index (χ0n) is 14.4. The molecule has 0 radical (unpaired) electrons. The molecule has 1 N–H and O–H groups in total.